The lowest BCUT2D eigenvalue weighted by Gasteiger charge is -2.26. The minimum atomic E-state index is 0.167. The fourth-order valence-electron chi connectivity index (χ4n) is 4.43. The summed E-state index contributed by atoms with van der Waals surface area (Å²) in [7, 11) is 4.08. The maximum Gasteiger partial charge on any atom is 0.227 e. The molecule has 1 amide bonds. The summed E-state index contributed by atoms with van der Waals surface area (Å²) in [6, 6.07) is 15.1. The Hall–Kier alpha value is -2.33. The number of carbonyl (C=O) groups is 1. The van der Waals surface area contributed by atoms with E-state index in [4.69, 9.17) is 4.74 Å². The summed E-state index contributed by atoms with van der Waals surface area (Å²) < 4.78 is 5.83. The zero-order valence-electron chi connectivity index (χ0n) is 17.7. The lowest BCUT2D eigenvalue weighted by atomic mass is 10.0. The van der Waals surface area contributed by atoms with Gasteiger partial charge in [0.25, 0.3) is 0 Å². The number of hydrogen-bond donors (Lipinski definition) is 0. The van der Waals surface area contributed by atoms with E-state index in [0.29, 0.717) is 19.5 Å². The predicted molar refractivity (Wildman–Crippen MR) is 117 cm³/mol. The van der Waals surface area contributed by atoms with Gasteiger partial charge >= 0.3 is 0 Å². The number of ether oxygens (including phenoxy) is 1. The van der Waals surface area contributed by atoms with E-state index >= 15 is 0 Å². The van der Waals surface area contributed by atoms with Crippen LogP contribution in [0.15, 0.2) is 42.5 Å². The van der Waals surface area contributed by atoms with Crippen LogP contribution >= 0.6 is 0 Å². The van der Waals surface area contributed by atoms with Gasteiger partial charge in [-0.05, 0) is 66.5 Å². The third-order valence-electron chi connectivity index (χ3n) is 6.15. The van der Waals surface area contributed by atoms with E-state index in [-0.39, 0.29) is 12.0 Å². The van der Waals surface area contributed by atoms with Crippen LogP contribution in [0.3, 0.4) is 0 Å². The van der Waals surface area contributed by atoms with E-state index in [1.165, 1.54) is 29.7 Å². The third-order valence-corrected chi connectivity index (χ3v) is 6.15. The first-order valence-electron chi connectivity index (χ1n) is 10.8. The van der Waals surface area contributed by atoms with E-state index in [9.17, 15) is 4.79 Å². The topological polar surface area (TPSA) is 32.8 Å². The smallest absolute Gasteiger partial charge is 0.227 e. The molecule has 154 valence electrons. The van der Waals surface area contributed by atoms with Gasteiger partial charge in [-0.25, -0.2) is 0 Å². The van der Waals surface area contributed by atoms with Crippen LogP contribution in [0, 0.1) is 0 Å². The number of rotatable bonds is 7. The molecule has 0 spiro atoms. The summed E-state index contributed by atoms with van der Waals surface area (Å²) in [5, 5.41) is 0. The molecule has 1 saturated heterocycles. The van der Waals surface area contributed by atoms with Gasteiger partial charge in [-0.15, -0.1) is 0 Å². The number of carbonyl (C=O) groups excluding carboxylic acids is 1. The summed E-state index contributed by atoms with van der Waals surface area (Å²) in [4.78, 5) is 17.3. The van der Waals surface area contributed by atoms with Gasteiger partial charge in [-0.2, -0.15) is 0 Å². The average molecular weight is 393 g/mol. The molecular formula is C25H32N2O2. The van der Waals surface area contributed by atoms with Gasteiger partial charge in [0, 0.05) is 39.5 Å². The molecule has 4 nitrogen and oxygen atoms in total. The van der Waals surface area contributed by atoms with Crippen molar-refractivity contribution in [2.24, 2.45) is 0 Å². The van der Waals surface area contributed by atoms with E-state index < -0.39 is 0 Å². The van der Waals surface area contributed by atoms with Crippen molar-refractivity contribution >= 4 is 11.6 Å². The SMILES string of the molecule is CN(C)c1ccc(CN(CC2CCCO2)C(=O)Cc2ccc3c(c2)CCC3)cc1. The maximum atomic E-state index is 13.2. The lowest BCUT2D eigenvalue weighted by molar-refractivity contribution is -0.132. The highest BCUT2D eigenvalue weighted by Crippen LogP contribution is 2.24. The molecule has 0 radical (unpaired) electrons. The summed E-state index contributed by atoms with van der Waals surface area (Å²) in [6.07, 6.45) is 6.33. The highest BCUT2D eigenvalue weighted by molar-refractivity contribution is 5.79. The number of fused-ring (bicyclic) bond motifs is 1. The van der Waals surface area contributed by atoms with E-state index in [1.54, 1.807) is 0 Å². The van der Waals surface area contributed by atoms with Gasteiger partial charge in [-0.3, -0.25) is 4.79 Å². The highest BCUT2D eigenvalue weighted by Gasteiger charge is 2.23. The second-order valence-electron chi connectivity index (χ2n) is 8.60. The van der Waals surface area contributed by atoms with Crippen molar-refractivity contribution in [3.63, 3.8) is 0 Å². The largest absolute Gasteiger partial charge is 0.378 e. The summed E-state index contributed by atoms with van der Waals surface area (Å²) in [6.45, 7) is 2.13. The molecule has 29 heavy (non-hydrogen) atoms. The number of hydrogen-bond acceptors (Lipinski definition) is 3. The van der Waals surface area contributed by atoms with Crippen molar-refractivity contribution < 1.29 is 9.53 Å². The summed E-state index contributed by atoms with van der Waals surface area (Å²) in [5.41, 5.74) is 6.36. The molecule has 0 N–H and O–H groups in total. The summed E-state index contributed by atoms with van der Waals surface area (Å²) >= 11 is 0. The predicted octanol–water partition coefficient (Wildman–Crippen LogP) is 3.99. The van der Waals surface area contributed by atoms with Crippen LogP contribution in [0.2, 0.25) is 0 Å². The van der Waals surface area contributed by atoms with E-state index in [0.717, 1.165) is 37.0 Å². The molecule has 2 aliphatic rings. The molecular weight excluding hydrogens is 360 g/mol. The minimum Gasteiger partial charge on any atom is -0.378 e. The Labute approximate surface area is 174 Å². The lowest BCUT2D eigenvalue weighted by Crippen LogP contribution is -2.37. The fourth-order valence-corrected chi connectivity index (χ4v) is 4.43. The van der Waals surface area contributed by atoms with Crippen molar-refractivity contribution in [3.05, 3.63) is 64.7 Å². The number of benzene rings is 2. The quantitative estimate of drug-likeness (QED) is 0.714. The van der Waals surface area contributed by atoms with Crippen LogP contribution in [0.4, 0.5) is 5.69 Å². The zero-order valence-corrected chi connectivity index (χ0v) is 17.7. The van der Waals surface area contributed by atoms with Gasteiger partial charge < -0.3 is 14.5 Å². The second-order valence-corrected chi connectivity index (χ2v) is 8.60. The normalized spacial score (nSPS) is 17.9. The Bertz CT molecular complexity index is 838. The number of anilines is 1. The van der Waals surface area contributed by atoms with Crippen molar-refractivity contribution in [2.45, 2.75) is 51.2 Å². The van der Waals surface area contributed by atoms with Gasteiger partial charge in [0.05, 0.1) is 12.5 Å². The van der Waals surface area contributed by atoms with Crippen LogP contribution in [-0.2, 0) is 35.3 Å². The first-order chi connectivity index (χ1) is 14.1. The molecule has 1 heterocycles. The molecule has 1 aliphatic heterocycles. The average Bonchev–Trinajstić information content (AvgIpc) is 3.39. The molecule has 4 heteroatoms. The second kappa shape index (κ2) is 9.00. The van der Waals surface area contributed by atoms with Crippen molar-refractivity contribution in [1.29, 1.82) is 0 Å². The van der Waals surface area contributed by atoms with Crippen LogP contribution < -0.4 is 4.90 Å². The zero-order chi connectivity index (χ0) is 20.2. The number of aryl methyl sites for hydroxylation is 2. The molecule has 0 saturated carbocycles. The van der Waals surface area contributed by atoms with Crippen molar-refractivity contribution in [2.75, 3.05) is 32.1 Å². The minimum absolute atomic E-state index is 0.167. The Morgan fingerprint density at radius 2 is 1.76 bits per heavy atom. The number of amides is 1. The van der Waals surface area contributed by atoms with Crippen LogP contribution in [0.5, 0.6) is 0 Å². The van der Waals surface area contributed by atoms with Crippen molar-refractivity contribution in [1.82, 2.24) is 4.90 Å². The van der Waals surface area contributed by atoms with Gasteiger partial charge in [-0.1, -0.05) is 30.3 Å². The first-order valence-corrected chi connectivity index (χ1v) is 10.8. The standard InChI is InChI=1S/C25H32N2O2/c1-26(2)23-12-9-19(10-13-23)17-27(18-24-7-4-14-29-24)25(28)16-20-8-11-21-5-3-6-22(21)15-20/h8-13,15,24H,3-7,14,16-18H2,1-2H3. The summed E-state index contributed by atoms with van der Waals surface area (Å²) in [5.74, 6) is 0.190. The van der Waals surface area contributed by atoms with Gasteiger partial charge in [0.15, 0.2) is 0 Å². The molecule has 1 atom stereocenters. The maximum absolute atomic E-state index is 13.2. The molecule has 0 bridgehead atoms. The molecule has 1 aliphatic carbocycles. The molecule has 2 aromatic rings. The Morgan fingerprint density at radius 3 is 2.48 bits per heavy atom. The monoisotopic (exact) mass is 392 g/mol. The third kappa shape index (κ3) is 4.99. The molecule has 4 rings (SSSR count). The highest BCUT2D eigenvalue weighted by atomic mass is 16.5. The number of nitrogens with zero attached hydrogens (tertiary/aromatic N) is 2. The van der Waals surface area contributed by atoms with Crippen LogP contribution in [0.1, 0.15) is 41.5 Å². The van der Waals surface area contributed by atoms with E-state index in [1.807, 2.05) is 19.0 Å². The molecule has 0 aromatic heterocycles. The van der Waals surface area contributed by atoms with Gasteiger partial charge in [0.1, 0.15) is 0 Å². The first kappa shape index (κ1) is 20.0. The fraction of sp³-hybridized carbons (Fsp3) is 0.480. The van der Waals surface area contributed by atoms with Crippen molar-refractivity contribution in [3.8, 4) is 0 Å². The molecule has 1 fully saturated rings. The van der Waals surface area contributed by atoms with E-state index in [2.05, 4.69) is 47.4 Å². The Morgan fingerprint density at radius 1 is 1.00 bits per heavy atom. The van der Waals surface area contributed by atoms with Crippen LogP contribution in [0.25, 0.3) is 0 Å². The Balaban J connectivity index is 1.47. The van der Waals surface area contributed by atoms with Gasteiger partial charge in [0.2, 0.25) is 5.91 Å². The Kier molecular flexibility index (Phi) is 6.19. The van der Waals surface area contributed by atoms with Crippen LogP contribution in [-0.4, -0.2) is 44.2 Å². The molecule has 1 unspecified atom stereocenters. The molecule has 2 aromatic carbocycles.